The first kappa shape index (κ1) is 21.4. The van der Waals surface area contributed by atoms with E-state index in [2.05, 4.69) is 30.2 Å². The highest BCUT2D eigenvalue weighted by Crippen LogP contribution is 2.37. The highest BCUT2D eigenvalue weighted by Gasteiger charge is 2.21. The average Bonchev–Trinajstić information content (AvgIpc) is 2.76. The lowest BCUT2D eigenvalue weighted by atomic mass is 9.91. The summed E-state index contributed by atoms with van der Waals surface area (Å²) in [6, 6.07) is 16.5. The molecule has 0 aliphatic carbocycles. The molecular weight excluding hydrogens is 366 g/mol. The molecule has 2 aromatic carbocycles. The normalized spacial score (nSPS) is 17.0. The Morgan fingerprint density at radius 3 is 1.97 bits per heavy atom. The van der Waals surface area contributed by atoms with Crippen LogP contribution >= 0.6 is 0 Å². The van der Waals surface area contributed by atoms with Crippen molar-refractivity contribution in [1.82, 2.24) is 4.90 Å². The number of ether oxygens (including phenoxy) is 4. The van der Waals surface area contributed by atoms with Gasteiger partial charge in [0.05, 0.1) is 0 Å². The van der Waals surface area contributed by atoms with Gasteiger partial charge in [-0.3, -0.25) is 4.90 Å². The molecule has 1 heterocycles. The number of para-hydroxylation sites is 2. The third kappa shape index (κ3) is 5.60. The van der Waals surface area contributed by atoms with E-state index < -0.39 is 0 Å². The molecule has 0 saturated carbocycles. The summed E-state index contributed by atoms with van der Waals surface area (Å²) >= 11 is 0. The van der Waals surface area contributed by atoms with Crippen molar-refractivity contribution in [2.24, 2.45) is 0 Å². The summed E-state index contributed by atoms with van der Waals surface area (Å²) in [5, 5.41) is 0. The molecule has 3 rings (SSSR count). The maximum Gasteiger partial charge on any atom is 0.188 e. The van der Waals surface area contributed by atoms with E-state index >= 15 is 0 Å². The topological polar surface area (TPSA) is 40.2 Å². The number of hydrogen-bond donors (Lipinski definition) is 0. The first-order valence-electron chi connectivity index (χ1n) is 10.1. The second-order valence-electron chi connectivity index (χ2n) is 7.22. The van der Waals surface area contributed by atoms with Gasteiger partial charge in [0.1, 0.15) is 11.5 Å². The molecule has 1 saturated heterocycles. The van der Waals surface area contributed by atoms with Crippen LogP contribution in [0.4, 0.5) is 0 Å². The Morgan fingerprint density at radius 1 is 0.897 bits per heavy atom. The summed E-state index contributed by atoms with van der Waals surface area (Å²) in [7, 11) is 5.45. The van der Waals surface area contributed by atoms with Crippen molar-refractivity contribution in [3.63, 3.8) is 0 Å². The predicted octanol–water partition coefficient (Wildman–Crippen LogP) is 4.57. The van der Waals surface area contributed by atoms with Gasteiger partial charge in [-0.25, -0.2) is 0 Å². The van der Waals surface area contributed by atoms with Gasteiger partial charge in [-0.05, 0) is 44.1 Å². The van der Waals surface area contributed by atoms with Crippen LogP contribution in [0.2, 0.25) is 0 Å². The standard InChI is InChI=1S/C24H31NO4/c1-25-15-9-8-10-19(25)16-22(20-11-4-6-13-23(20)28-17-26-2)21-12-5-7-14-24(21)29-18-27-3/h4-7,11-14,16,19H,8-10,15,17-18H2,1-3H3. The summed E-state index contributed by atoms with van der Waals surface area (Å²) < 4.78 is 22.0. The van der Waals surface area contributed by atoms with Gasteiger partial charge in [0.2, 0.25) is 0 Å². The summed E-state index contributed by atoms with van der Waals surface area (Å²) in [6.07, 6.45) is 5.98. The molecule has 0 radical (unpaired) electrons. The van der Waals surface area contributed by atoms with Crippen LogP contribution in [0.15, 0.2) is 54.6 Å². The lowest BCUT2D eigenvalue weighted by Gasteiger charge is -2.31. The molecule has 1 aliphatic heterocycles. The number of likely N-dealkylation sites (tertiary alicyclic amines) is 1. The van der Waals surface area contributed by atoms with Crippen molar-refractivity contribution in [2.45, 2.75) is 25.3 Å². The molecule has 29 heavy (non-hydrogen) atoms. The SMILES string of the molecule is COCOc1ccccc1C(=CC1CCCCN1C)c1ccccc1OCOC. The van der Waals surface area contributed by atoms with Gasteiger partial charge in [0.25, 0.3) is 0 Å². The molecule has 1 unspecified atom stereocenters. The van der Waals surface area contributed by atoms with E-state index in [4.69, 9.17) is 18.9 Å². The van der Waals surface area contributed by atoms with Crippen molar-refractivity contribution in [2.75, 3.05) is 41.4 Å². The molecule has 2 aromatic rings. The first-order valence-corrected chi connectivity index (χ1v) is 10.1. The molecule has 0 spiro atoms. The van der Waals surface area contributed by atoms with Gasteiger partial charge >= 0.3 is 0 Å². The van der Waals surface area contributed by atoms with Gasteiger partial charge in [-0.1, -0.05) is 48.9 Å². The number of benzene rings is 2. The summed E-state index contributed by atoms with van der Waals surface area (Å²) in [6.45, 7) is 1.52. The van der Waals surface area contributed by atoms with E-state index in [0.717, 1.165) is 41.2 Å². The molecular formula is C24H31NO4. The van der Waals surface area contributed by atoms with Crippen molar-refractivity contribution in [3.05, 3.63) is 65.7 Å². The van der Waals surface area contributed by atoms with Gasteiger partial charge in [-0.2, -0.15) is 0 Å². The quantitative estimate of drug-likeness (QED) is 0.580. The van der Waals surface area contributed by atoms with E-state index in [9.17, 15) is 0 Å². The fourth-order valence-corrected chi connectivity index (χ4v) is 3.70. The van der Waals surface area contributed by atoms with E-state index in [1.165, 1.54) is 12.8 Å². The smallest absolute Gasteiger partial charge is 0.188 e. The van der Waals surface area contributed by atoms with Crippen LogP contribution in [0.25, 0.3) is 5.57 Å². The first-order chi connectivity index (χ1) is 14.2. The Bertz CT molecular complexity index is 751. The fraction of sp³-hybridized carbons (Fsp3) is 0.417. The minimum Gasteiger partial charge on any atom is -0.467 e. The van der Waals surface area contributed by atoms with Gasteiger partial charge in [0, 0.05) is 31.4 Å². The number of piperidine rings is 1. The predicted molar refractivity (Wildman–Crippen MR) is 115 cm³/mol. The number of hydrogen-bond acceptors (Lipinski definition) is 5. The molecule has 1 aliphatic rings. The molecule has 5 nitrogen and oxygen atoms in total. The highest BCUT2D eigenvalue weighted by molar-refractivity contribution is 5.85. The van der Waals surface area contributed by atoms with Crippen LogP contribution in [0.1, 0.15) is 30.4 Å². The third-order valence-corrected chi connectivity index (χ3v) is 5.20. The maximum atomic E-state index is 5.88. The Hall–Kier alpha value is -2.34. The van der Waals surface area contributed by atoms with E-state index in [1.54, 1.807) is 14.2 Å². The van der Waals surface area contributed by atoms with E-state index in [0.29, 0.717) is 6.04 Å². The molecule has 156 valence electrons. The maximum absolute atomic E-state index is 5.88. The Morgan fingerprint density at radius 2 is 1.45 bits per heavy atom. The van der Waals surface area contributed by atoms with Crippen LogP contribution in [0.5, 0.6) is 11.5 Å². The Kier molecular flexibility index (Phi) is 8.11. The largest absolute Gasteiger partial charge is 0.467 e. The number of likely N-dealkylation sites (N-methyl/N-ethyl adjacent to an activating group) is 1. The minimum atomic E-state index is 0.204. The zero-order valence-electron chi connectivity index (χ0n) is 17.6. The van der Waals surface area contributed by atoms with E-state index in [-0.39, 0.29) is 13.6 Å². The second kappa shape index (κ2) is 11.0. The number of nitrogens with zero attached hydrogens (tertiary/aromatic N) is 1. The fourth-order valence-electron chi connectivity index (χ4n) is 3.70. The zero-order valence-corrected chi connectivity index (χ0v) is 17.6. The monoisotopic (exact) mass is 397 g/mol. The molecule has 0 bridgehead atoms. The van der Waals surface area contributed by atoms with Crippen molar-refractivity contribution in [1.29, 1.82) is 0 Å². The number of rotatable bonds is 9. The van der Waals surface area contributed by atoms with Gasteiger partial charge in [-0.15, -0.1) is 0 Å². The van der Waals surface area contributed by atoms with Crippen LogP contribution in [0.3, 0.4) is 0 Å². The van der Waals surface area contributed by atoms with E-state index in [1.807, 2.05) is 36.4 Å². The molecule has 1 fully saturated rings. The van der Waals surface area contributed by atoms with Crippen LogP contribution in [0, 0.1) is 0 Å². The van der Waals surface area contributed by atoms with Gasteiger partial charge in [0.15, 0.2) is 13.6 Å². The van der Waals surface area contributed by atoms with Crippen molar-refractivity contribution in [3.8, 4) is 11.5 Å². The summed E-state index contributed by atoms with van der Waals surface area (Å²) in [5.41, 5.74) is 3.15. The van der Waals surface area contributed by atoms with Gasteiger partial charge < -0.3 is 18.9 Å². The number of methoxy groups -OCH3 is 2. The van der Waals surface area contributed by atoms with Crippen LogP contribution < -0.4 is 9.47 Å². The molecule has 5 heteroatoms. The molecule has 1 atom stereocenters. The minimum absolute atomic E-state index is 0.204. The Balaban J connectivity index is 2.09. The average molecular weight is 398 g/mol. The molecule has 0 N–H and O–H groups in total. The van der Waals surface area contributed by atoms with Crippen LogP contribution in [-0.2, 0) is 9.47 Å². The zero-order chi connectivity index (χ0) is 20.5. The molecule has 0 aromatic heterocycles. The highest BCUT2D eigenvalue weighted by atomic mass is 16.7. The third-order valence-electron chi connectivity index (χ3n) is 5.20. The molecule has 0 amide bonds. The van der Waals surface area contributed by atoms with Crippen molar-refractivity contribution >= 4 is 5.57 Å². The lowest BCUT2D eigenvalue weighted by Crippen LogP contribution is -2.34. The van der Waals surface area contributed by atoms with Crippen molar-refractivity contribution < 1.29 is 18.9 Å². The Labute approximate surface area is 173 Å². The second-order valence-corrected chi connectivity index (χ2v) is 7.22. The summed E-state index contributed by atoms with van der Waals surface area (Å²) in [4.78, 5) is 2.42. The van der Waals surface area contributed by atoms with Crippen LogP contribution in [-0.4, -0.2) is 52.3 Å². The lowest BCUT2D eigenvalue weighted by molar-refractivity contribution is 0.0506. The summed E-state index contributed by atoms with van der Waals surface area (Å²) in [5.74, 6) is 1.58.